The zero-order chi connectivity index (χ0) is 12.6. The molecule has 3 atom stereocenters. The standard InChI is InChI=1S/C9H11FIN3O3/c10-5-1-4(3-15)17-8(5)14-2-6(11)7(12)13-9(14)16/h2,4-5,8,15H,1,3H2,(H2,12,13,16)/t4-,5-,8+/m0/s1. The highest BCUT2D eigenvalue weighted by Crippen LogP contribution is 2.30. The molecule has 1 aliphatic heterocycles. The average molecular weight is 355 g/mol. The molecule has 1 saturated heterocycles. The predicted molar refractivity (Wildman–Crippen MR) is 66.1 cm³/mol. The van der Waals surface area contributed by atoms with Gasteiger partial charge >= 0.3 is 5.69 Å². The van der Waals surface area contributed by atoms with Crippen LogP contribution < -0.4 is 11.4 Å². The summed E-state index contributed by atoms with van der Waals surface area (Å²) in [5, 5.41) is 8.90. The lowest BCUT2D eigenvalue weighted by atomic mass is 10.2. The second kappa shape index (κ2) is 4.86. The van der Waals surface area contributed by atoms with E-state index in [2.05, 4.69) is 4.98 Å². The molecule has 0 bridgehead atoms. The SMILES string of the molecule is Nc1nc(=O)n([C@@H]2O[C@H](CO)C[C@@H]2F)cc1I. The molecule has 0 radical (unpaired) electrons. The van der Waals surface area contributed by atoms with Gasteiger partial charge in [0.25, 0.3) is 0 Å². The number of aliphatic hydroxyl groups is 1. The lowest BCUT2D eigenvalue weighted by Gasteiger charge is -2.16. The summed E-state index contributed by atoms with van der Waals surface area (Å²) in [5.74, 6) is 0.110. The second-order valence-electron chi connectivity index (χ2n) is 3.75. The fraction of sp³-hybridized carbons (Fsp3) is 0.556. The molecule has 0 saturated carbocycles. The van der Waals surface area contributed by atoms with Crippen LogP contribution in [0.15, 0.2) is 11.0 Å². The van der Waals surface area contributed by atoms with E-state index in [9.17, 15) is 9.18 Å². The maximum absolute atomic E-state index is 13.7. The lowest BCUT2D eigenvalue weighted by molar-refractivity contribution is -0.0394. The summed E-state index contributed by atoms with van der Waals surface area (Å²) in [7, 11) is 0. The molecule has 94 valence electrons. The number of hydrogen-bond donors (Lipinski definition) is 2. The largest absolute Gasteiger partial charge is 0.394 e. The number of aliphatic hydroxyl groups excluding tert-OH is 1. The van der Waals surface area contributed by atoms with Gasteiger partial charge in [-0.1, -0.05) is 0 Å². The number of anilines is 1. The maximum atomic E-state index is 13.7. The van der Waals surface area contributed by atoms with Gasteiger partial charge in [0.15, 0.2) is 6.23 Å². The minimum absolute atomic E-state index is 0.0640. The van der Waals surface area contributed by atoms with Crippen LogP contribution in [0.3, 0.4) is 0 Å². The average Bonchev–Trinajstić information content (AvgIpc) is 2.65. The van der Waals surface area contributed by atoms with Gasteiger partial charge in [-0.3, -0.25) is 4.57 Å². The fourth-order valence-corrected chi connectivity index (χ4v) is 2.12. The van der Waals surface area contributed by atoms with E-state index in [1.54, 1.807) is 0 Å². The van der Waals surface area contributed by atoms with Crippen molar-refractivity contribution < 1.29 is 14.2 Å². The summed E-state index contributed by atoms with van der Waals surface area (Å²) in [6.45, 7) is -0.273. The summed E-state index contributed by atoms with van der Waals surface area (Å²) >= 11 is 1.90. The van der Waals surface area contributed by atoms with E-state index in [1.807, 2.05) is 22.6 Å². The van der Waals surface area contributed by atoms with Crippen LogP contribution >= 0.6 is 22.6 Å². The smallest absolute Gasteiger partial charge is 0.351 e. The molecule has 0 unspecified atom stereocenters. The first-order valence-electron chi connectivity index (χ1n) is 4.97. The molecular weight excluding hydrogens is 344 g/mol. The molecule has 1 fully saturated rings. The van der Waals surface area contributed by atoms with E-state index in [1.165, 1.54) is 6.20 Å². The van der Waals surface area contributed by atoms with Crippen LogP contribution in [0.2, 0.25) is 0 Å². The van der Waals surface area contributed by atoms with Gasteiger partial charge < -0.3 is 15.6 Å². The Bertz CT molecular complexity index is 481. The van der Waals surface area contributed by atoms with E-state index < -0.39 is 24.2 Å². The van der Waals surface area contributed by atoms with Crippen molar-refractivity contribution in [2.75, 3.05) is 12.3 Å². The third-order valence-corrected chi connectivity index (χ3v) is 3.37. The van der Waals surface area contributed by atoms with Crippen molar-refractivity contribution in [3.05, 3.63) is 20.3 Å². The van der Waals surface area contributed by atoms with Crippen LogP contribution in [0.4, 0.5) is 10.2 Å². The van der Waals surface area contributed by atoms with Crippen molar-refractivity contribution in [2.24, 2.45) is 0 Å². The number of nitrogens with zero attached hydrogens (tertiary/aromatic N) is 2. The highest BCUT2D eigenvalue weighted by Gasteiger charge is 2.37. The summed E-state index contributed by atoms with van der Waals surface area (Å²) in [6.07, 6.45) is -1.50. The molecule has 8 heteroatoms. The summed E-state index contributed by atoms with van der Waals surface area (Å²) in [6, 6.07) is 0. The van der Waals surface area contributed by atoms with Gasteiger partial charge in [0, 0.05) is 12.6 Å². The molecule has 2 rings (SSSR count). The molecular formula is C9H11FIN3O3. The predicted octanol–water partition coefficient (Wildman–Crippen LogP) is 0.0480. The summed E-state index contributed by atoms with van der Waals surface area (Å²) in [5.41, 5.74) is 4.81. The van der Waals surface area contributed by atoms with Gasteiger partial charge in [-0.05, 0) is 22.6 Å². The summed E-state index contributed by atoms with van der Waals surface area (Å²) < 4.78 is 20.5. The number of alkyl halides is 1. The van der Waals surface area contributed by atoms with Crippen LogP contribution in [-0.2, 0) is 4.74 Å². The van der Waals surface area contributed by atoms with Crippen molar-refractivity contribution in [1.29, 1.82) is 0 Å². The van der Waals surface area contributed by atoms with Crippen molar-refractivity contribution in [2.45, 2.75) is 24.9 Å². The Labute approximate surface area is 110 Å². The first-order chi connectivity index (χ1) is 8.02. The lowest BCUT2D eigenvalue weighted by Crippen LogP contribution is -2.31. The van der Waals surface area contributed by atoms with E-state index in [-0.39, 0.29) is 18.8 Å². The quantitative estimate of drug-likeness (QED) is 0.732. The van der Waals surface area contributed by atoms with E-state index in [0.29, 0.717) is 3.57 Å². The summed E-state index contributed by atoms with van der Waals surface area (Å²) in [4.78, 5) is 15.2. The first-order valence-corrected chi connectivity index (χ1v) is 6.05. The number of rotatable bonds is 2. The molecule has 0 amide bonds. The van der Waals surface area contributed by atoms with Crippen molar-refractivity contribution in [3.8, 4) is 0 Å². The van der Waals surface area contributed by atoms with Crippen LogP contribution in [0.25, 0.3) is 0 Å². The molecule has 1 aliphatic rings. The van der Waals surface area contributed by atoms with Crippen LogP contribution in [0, 0.1) is 3.57 Å². The Morgan fingerprint density at radius 3 is 3.06 bits per heavy atom. The molecule has 0 spiro atoms. The molecule has 1 aromatic rings. The zero-order valence-corrected chi connectivity index (χ0v) is 10.9. The zero-order valence-electron chi connectivity index (χ0n) is 8.72. The molecule has 3 N–H and O–H groups in total. The van der Waals surface area contributed by atoms with Crippen LogP contribution in [0.5, 0.6) is 0 Å². The fourth-order valence-electron chi connectivity index (χ4n) is 1.70. The Balaban J connectivity index is 2.35. The Morgan fingerprint density at radius 2 is 2.47 bits per heavy atom. The van der Waals surface area contributed by atoms with Crippen molar-refractivity contribution >= 4 is 28.4 Å². The van der Waals surface area contributed by atoms with E-state index in [4.69, 9.17) is 15.6 Å². The monoisotopic (exact) mass is 355 g/mol. The van der Waals surface area contributed by atoms with E-state index >= 15 is 0 Å². The minimum atomic E-state index is -1.34. The van der Waals surface area contributed by atoms with Gasteiger partial charge in [-0.25, -0.2) is 9.18 Å². The molecule has 6 nitrogen and oxygen atoms in total. The van der Waals surface area contributed by atoms with Gasteiger partial charge in [-0.2, -0.15) is 4.98 Å². The molecule has 17 heavy (non-hydrogen) atoms. The third-order valence-electron chi connectivity index (χ3n) is 2.54. The van der Waals surface area contributed by atoms with Gasteiger partial charge in [0.05, 0.1) is 16.3 Å². The maximum Gasteiger partial charge on any atom is 0.351 e. The van der Waals surface area contributed by atoms with Gasteiger partial charge in [0.1, 0.15) is 12.0 Å². The molecule has 1 aromatic heterocycles. The van der Waals surface area contributed by atoms with Crippen LogP contribution in [-0.4, -0.2) is 33.5 Å². The Morgan fingerprint density at radius 1 is 1.76 bits per heavy atom. The van der Waals surface area contributed by atoms with Gasteiger partial charge in [0.2, 0.25) is 0 Å². The van der Waals surface area contributed by atoms with E-state index in [0.717, 1.165) is 4.57 Å². The number of nitrogen functional groups attached to an aromatic ring is 1. The minimum Gasteiger partial charge on any atom is -0.394 e. The number of nitrogens with two attached hydrogens (primary N) is 1. The molecule has 2 heterocycles. The number of aromatic nitrogens is 2. The van der Waals surface area contributed by atoms with Crippen molar-refractivity contribution in [3.63, 3.8) is 0 Å². The highest BCUT2D eigenvalue weighted by atomic mass is 127. The van der Waals surface area contributed by atoms with Gasteiger partial charge in [-0.15, -0.1) is 0 Å². The van der Waals surface area contributed by atoms with Crippen LogP contribution in [0.1, 0.15) is 12.6 Å². The molecule has 0 aliphatic carbocycles. The highest BCUT2D eigenvalue weighted by molar-refractivity contribution is 14.1. The number of ether oxygens (including phenoxy) is 1. The Kier molecular flexibility index (Phi) is 3.64. The molecule has 0 aromatic carbocycles. The number of hydrogen-bond acceptors (Lipinski definition) is 5. The normalized spacial score (nSPS) is 28.5. The topological polar surface area (TPSA) is 90.4 Å². The van der Waals surface area contributed by atoms with Crippen molar-refractivity contribution in [1.82, 2.24) is 9.55 Å². The third kappa shape index (κ3) is 2.43. The Hall–Kier alpha value is -0.740. The first kappa shape index (κ1) is 12.7. The number of halogens is 2. The second-order valence-corrected chi connectivity index (χ2v) is 4.91.